The summed E-state index contributed by atoms with van der Waals surface area (Å²) in [6.45, 7) is 0. The van der Waals surface area contributed by atoms with E-state index in [0.29, 0.717) is 16.3 Å². The molecule has 0 fully saturated rings. The van der Waals surface area contributed by atoms with Crippen molar-refractivity contribution in [2.24, 2.45) is 4.99 Å². The van der Waals surface area contributed by atoms with Crippen LogP contribution in [0.25, 0.3) is 0 Å². The van der Waals surface area contributed by atoms with E-state index in [9.17, 15) is 4.79 Å². The standard InChI is InChI=1S/C15H8Cl5NO/c16-10-7-5-9(6-8-10)14(17)21-12-4-2-1-3-11(12)13(22)15(18,19)20/h1-8H. The fourth-order valence-corrected chi connectivity index (χ4v) is 2.32. The number of carbonyl (C=O) groups is 1. The zero-order valence-electron chi connectivity index (χ0n) is 10.9. The van der Waals surface area contributed by atoms with Gasteiger partial charge >= 0.3 is 0 Å². The van der Waals surface area contributed by atoms with Crippen molar-refractivity contribution in [2.45, 2.75) is 3.79 Å². The lowest BCUT2D eigenvalue weighted by Crippen LogP contribution is -2.19. The number of para-hydroxylation sites is 1. The molecule has 114 valence electrons. The first kappa shape index (κ1) is 17.6. The molecule has 0 heterocycles. The maximum Gasteiger partial charge on any atom is 0.253 e. The Balaban J connectivity index is 2.43. The lowest BCUT2D eigenvalue weighted by Gasteiger charge is -2.11. The van der Waals surface area contributed by atoms with E-state index in [-0.39, 0.29) is 10.7 Å². The summed E-state index contributed by atoms with van der Waals surface area (Å²) in [5, 5.41) is 0.779. The molecule has 0 aliphatic heterocycles. The van der Waals surface area contributed by atoms with Crippen LogP contribution < -0.4 is 0 Å². The second-order valence-corrected chi connectivity index (χ2v) is 7.33. The average molecular weight is 396 g/mol. The number of hydrogen-bond donors (Lipinski definition) is 0. The zero-order chi connectivity index (χ0) is 16.3. The first-order valence-electron chi connectivity index (χ1n) is 5.99. The summed E-state index contributed by atoms with van der Waals surface area (Å²) in [6.07, 6.45) is 0. The molecule has 0 aromatic heterocycles. The molecular weight excluding hydrogens is 387 g/mol. The highest BCUT2D eigenvalue weighted by molar-refractivity contribution is 6.77. The molecular formula is C15H8Cl5NO. The summed E-state index contributed by atoms with van der Waals surface area (Å²) >= 11 is 28.9. The van der Waals surface area contributed by atoms with Crippen LogP contribution in [0.15, 0.2) is 53.5 Å². The molecule has 0 bridgehead atoms. The van der Waals surface area contributed by atoms with Gasteiger partial charge in [-0.2, -0.15) is 0 Å². The number of rotatable bonds is 3. The average Bonchev–Trinajstić information content (AvgIpc) is 2.46. The van der Waals surface area contributed by atoms with Crippen LogP contribution in [0.3, 0.4) is 0 Å². The molecule has 0 amide bonds. The number of halogens is 5. The Morgan fingerprint density at radius 2 is 1.55 bits per heavy atom. The van der Waals surface area contributed by atoms with Crippen molar-refractivity contribution in [3.05, 3.63) is 64.7 Å². The van der Waals surface area contributed by atoms with Crippen LogP contribution in [-0.2, 0) is 0 Å². The SMILES string of the molecule is O=C(c1ccccc1N=C(Cl)c1ccc(Cl)cc1)C(Cl)(Cl)Cl. The van der Waals surface area contributed by atoms with Gasteiger partial charge in [0.1, 0.15) is 5.17 Å². The van der Waals surface area contributed by atoms with Crippen molar-refractivity contribution in [2.75, 3.05) is 0 Å². The predicted molar refractivity (Wildman–Crippen MR) is 94.6 cm³/mol. The lowest BCUT2D eigenvalue weighted by atomic mass is 10.1. The van der Waals surface area contributed by atoms with Crippen molar-refractivity contribution < 1.29 is 4.79 Å². The van der Waals surface area contributed by atoms with E-state index in [1.165, 1.54) is 6.07 Å². The number of carbonyl (C=O) groups excluding carboxylic acids is 1. The molecule has 2 aromatic rings. The van der Waals surface area contributed by atoms with E-state index in [2.05, 4.69) is 4.99 Å². The summed E-state index contributed by atoms with van der Waals surface area (Å²) in [7, 11) is 0. The Morgan fingerprint density at radius 3 is 2.14 bits per heavy atom. The first-order chi connectivity index (χ1) is 10.3. The Kier molecular flexibility index (Phi) is 5.76. The highest BCUT2D eigenvalue weighted by Crippen LogP contribution is 2.34. The summed E-state index contributed by atoms with van der Waals surface area (Å²) < 4.78 is -2.06. The Labute approximate surface area is 152 Å². The number of ketones is 1. The molecule has 2 nitrogen and oxygen atoms in total. The van der Waals surface area contributed by atoms with Gasteiger partial charge in [0.05, 0.1) is 5.69 Å². The highest BCUT2D eigenvalue weighted by atomic mass is 35.6. The molecule has 0 spiro atoms. The molecule has 0 unspecified atom stereocenters. The molecule has 0 aliphatic carbocycles. The van der Waals surface area contributed by atoms with Crippen LogP contribution in [0.2, 0.25) is 5.02 Å². The third-order valence-corrected chi connectivity index (χ3v) is 3.78. The monoisotopic (exact) mass is 393 g/mol. The Hall–Kier alpha value is -0.770. The number of benzene rings is 2. The molecule has 0 saturated heterocycles. The van der Waals surface area contributed by atoms with Crippen LogP contribution in [0.5, 0.6) is 0 Å². The van der Waals surface area contributed by atoms with Gasteiger partial charge in [-0.1, -0.05) is 82.3 Å². The predicted octanol–water partition coefficient (Wildman–Crippen LogP) is 6.21. The van der Waals surface area contributed by atoms with E-state index in [0.717, 1.165) is 0 Å². The summed E-state index contributed by atoms with van der Waals surface area (Å²) in [4.78, 5) is 16.4. The van der Waals surface area contributed by atoms with Crippen LogP contribution in [0.1, 0.15) is 15.9 Å². The van der Waals surface area contributed by atoms with Crippen molar-refractivity contribution in [1.82, 2.24) is 0 Å². The number of hydrogen-bond acceptors (Lipinski definition) is 2. The van der Waals surface area contributed by atoms with Gasteiger partial charge in [0.2, 0.25) is 5.78 Å². The van der Waals surface area contributed by atoms with E-state index in [4.69, 9.17) is 58.0 Å². The molecule has 0 radical (unpaired) electrons. The zero-order valence-corrected chi connectivity index (χ0v) is 14.6. The third-order valence-electron chi connectivity index (χ3n) is 2.71. The normalized spacial score (nSPS) is 12.3. The van der Waals surface area contributed by atoms with Gasteiger partial charge in [-0.05, 0) is 24.3 Å². The Bertz CT molecular complexity index is 719. The van der Waals surface area contributed by atoms with E-state index >= 15 is 0 Å². The third kappa shape index (κ3) is 4.37. The van der Waals surface area contributed by atoms with Gasteiger partial charge in [0.25, 0.3) is 3.79 Å². The van der Waals surface area contributed by atoms with Gasteiger partial charge in [-0.3, -0.25) is 4.79 Å². The fraction of sp³-hybridized carbons (Fsp3) is 0.0667. The summed E-state index contributed by atoms with van der Waals surface area (Å²) in [5.74, 6) is -0.669. The molecule has 2 aromatic carbocycles. The van der Waals surface area contributed by atoms with Crippen LogP contribution >= 0.6 is 58.0 Å². The van der Waals surface area contributed by atoms with Crippen LogP contribution in [-0.4, -0.2) is 14.7 Å². The van der Waals surface area contributed by atoms with E-state index < -0.39 is 9.58 Å². The maximum absolute atomic E-state index is 12.1. The van der Waals surface area contributed by atoms with E-state index in [1.807, 2.05) is 0 Å². The quantitative estimate of drug-likeness (QED) is 0.345. The molecule has 7 heteroatoms. The second kappa shape index (κ2) is 7.20. The van der Waals surface area contributed by atoms with Gasteiger partial charge < -0.3 is 0 Å². The molecule has 22 heavy (non-hydrogen) atoms. The number of alkyl halides is 3. The van der Waals surface area contributed by atoms with Crippen LogP contribution in [0, 0.1) is 0 Å². The molecule has 0 N–H and O–H groups in total. The minimum absolute atomic E-state index is 0.176. The molecule has 0 saturated carbocycles. The van der Waals surface area contributed by atoms with Gasteiger partial charge in [-0.15, -0.1) is 0 Å². The smallest absolute Gasteiger partial charge is 0.253 e. The minimum Gasteiger partial charge on any atom is -0.289 e. The lowest BCUT2D eigenvalue weighted by molar-refractivity contribution is 0.0997. The second-order valence-electron chi connectivity index (χ2n) is 4.25. The van der Waals surface area contributed by atoms with Gasteiger partial charge in [0, 0.05) is 16.1 Å². The van der Waals surface area contributed by atoms with Crippen molar-refractivity contribution in [3.63, 3.8) is 0 Å². The molecule has 0 atom stereocenters. The van der Waals surface area contributed by atoms with Crippen molar-refractivity contribution in [1.29, 1.82) is 0 Å². The number of nitrogens with zero attached hydrogens (tertiary/aromatic N) is 1. The van der Waals surface area contributed by atoms with Crippen molar-refractivity contribution >= 4 is 74.6 Å². The molecule has 2 rings (SSSR count). The Morgan fingerprint density at radius 1 is 0.955 bits per heavy atom. The number of aliphatic imine (C=N–C) groups is 1. The number of Topliss-reactive ketones (excluding diaryl/α,β-unsaturated/α-hetero) is 1. The fourth-order valence-electron chi connectivity index (χ4n) is 1.67. The molecule has 0 aliphatic rings. The van der Waals surface area contributed by atoms with Gasteiger partial charge in [0.15, 0.2) is 0 Å². The van der Waals surface area contributed by atoms with Gasteiger partial charge in [-0.25, -0.2) is 4.99 Å². The topological polar surface area (TPSA) is 29.4 Å². The minimum atomic E-state index is -2.06. The maximum atomic E-state index is 12.1. The summed E-state index contributed by atoms with van der Waals surface area (Å²) in [6, 6.07) is 13.3. The highest BCUT2D eigenvalue weighted by Gasteiger charge is 2.33. The van der Waals surface area contributed by atoms with Crippen LogP contribution in [0.4, 0.5) is 5.69 Å². The summed E-state index contributed by atoms with van der Waals surface area (Å²) in [5.41, 5.74) is 1.15. The van der Waals surface area contributed by atoms with E-state index in [1.54, 1.807) is 42.5 Å². The first-order valence-corrected chi connectivity index (χ1v) is 7.88. The van der Waals surface area contributed by atoms with Crippen molar-refractivity contribution in [3.8, 4) is 0 Å². The largest absolute Gasteiger partial charge is 0.289 e.